The predicted molar refractivity (Wildman–Crippen MR) is 224 cm³/mol. The Kier molecular flexibility index (Phi) is 40.0. The summed E-state index contributed by atoms with van der Waals surface area (Å²) in [6.45, 7) is 6.45. The van der Waals surface area contributed by atoms with Gasteiger partial charge in [0, 0.05) is 19.3 Å². The number of hydrogen-bond donors (Lipinski definition) is 0. The third-order valence-corrected chi connectivity index (χ3v) is 9.35. The molecule has 0 aliphatic carbocycles. The van der Waals surface area contributed by atoms with Crippen LogP contribution < -0.4 is 0 Å². The molecule has 53 heavy (non-hydrogen) atoms. The molecule has 6 heteroatoms. The second-order valence-electron chi connectivity index (χ2n) is 14.6. The van der Waals surface area contributed by atoms with Crippen LogP contribution in [0.5, 0.6) is 0 Å². The molecule has 0 N–H and O–H groups in total. The van der Waals surface area contributed by atoms with Crippen LogP contribution in [-0.4, -0.2) is 37.2 Å². The van der Waals surface area contributed by atoms with Gasteiger partial charge in [-0.05, 0) is 57.8 Å². The fourth-order valence-electron chi connectivity index (χ4n) is 6.02. The van der Waals surface area contributed by atoms with Crippen LogP contribution >= 0.6 is 0 Å². The van der Waals surface area contributed by atoms with Gasteiger partial charge in [0.25, 0.3) is 0 Å². The van der Waals surface area contributed by atoms with Crippen LogP contribution in [0.2, 0.25) is 0 Å². The van der Waals surface area contributed by atoms with Crippen molar-refractivity contribution >= 4 is 17.9 Å². The molecule has 0 aliphatic rings. The summed E-state index contributed by atoms with van der Waals surface area (Å²) >= 11 is 0. The van der Waals surface area contributed by atoms with E-state index in [9.17, 15) is 14.4 Å². The van der Waals surface area contributed by atoms with Crippen molar-refractivity contribution in [2.75, 3.05) is 13.2 Å². The molecule has 0 aromatic rings. The average molecular weight is 743 g/mol. The first-order chi connectivity index (χ1) is 26.0. The minimum Gasteiger partial charge on any atom is -0.462 e. The summed E-state index contributed by atoms with van der Waals surface area (Å²) in [5.74, 6) is -0.931. The van der Waals surface area contributed by atoms with Gasteiger partial charge in [-0.3, -0.25) is 14.4 Å². The number of carbonyl (C=O) groups is 3. The fourth-order valence-corrected chi connectivity index (χ4v) is 6.02. The molecular weight excluding hydrogens is 661 g/mol. The van der Waals surface area contributed by atoms with Gasteiger partial charge in [0.1, 0.15) is 13.2 Å². The minimum atomic E-state index is -0.782. The fraction of sp³-hybridized carbons (Fsp3) is 0.766. The molecule has 0 bridgehead atoms. The second kappa shape index (κ2) is 42.1. The molecule has 0 spiro atoms. The van der Waals surface area contributed by atoms with E-state index in [4.69, 9.17) is 14.2 Å². The van der Waals surface area contributed by atoms with Gasteiger partial charge < -0.3 is 14.2 Å². The second-order valence-corrected chi connectivity index (χ2v) is 14.6. The highest BCUT2D eigenvalue weighted by Gasteiger charge is 2.19. The zero-order valence-electron chi connectivity index (χ0n) is 34.8. The van der Waals surface area contributed by atoms with E-state index in [0.717, 1.165) is 83.5 Å². The van der Waals surface area contributed by atoms with Gasteiger partial charge in [0.05, 0.1) is 0 Å². The van der Waals surface area contributed by atoms with E-state index >= 15 is 0 Å². The largest absolute Gasteiger partial charge is 0.462 e. The van der Waals surface area contributed by atoms with E-state index in [2.05, 4.69) is 69.4 Å². The lowest BCUT2D eigenvalue weighted by Crippen LogP contribution is -2.30. The van der Waals surface area contributed by atoms with Crippen molar-refractivity contribution in [1.29, 1.82) is 0 Å². The smallest absolute Gasteiger partial charge is 0.306 e. The number of unbranched alkanes of at least 4 members (excludes halogenated alkanes) is 20. The predicted octanol–water partition coefficient (Wildman–Crippen LogP) is 14.0. The van der Waals surface area contributed by atoms with Gasteiger partial charge in [-0.25, -0.2) is 0 Å². The highest BCUT2D eigenvalue weighted by atomic mass is 16.6. The Morgan fingerprint density at radius 3 is 1.15 bits per heavy atom. The van der Waals surface area contributed by atoms with E-state index in [1.165, 1.54) is 89.9 Å². The van der Waals surface area contributed by atoms with Crippen molar-refractivity contribution in [1.82, 2.24) is 0 Å². The highest BCUT2D eigenvalue weighted by molar-refractivity contribution is 5.71. The van der Waals surface area contributed by atoms with Crippen molar-refractivity contribution in [3.05, 3.63) is 48.6 Å². The molecule has 0 heterocycles. The number of allylic oxidation sites excluding steroid dienone is 8. The van der Waals surface area contributed by atoms with Crippen LogP contribution in [0, 0.1) is 0 Å². The molecule has 0 saturated carbocycles. The van der Waals surface area contributed by atoms with Crippen molar-refractivity contribution < 1.29 is 28.6 Å². The van der Waals surface area contributed by atoms with Crippen LogP contribution in [0.25, 0.3) is 0 Å². The van der Waals surface area contributed by atoms with E-state index < -0.39 is 6.10 Å². The lowest BCUT2D eigenvalue weighted by atomic mass is 10.1. The van der Waals surface area contributed by atoms with Crippen LogP contribution in [0.4, 0.5) is 0 Å². The summed E-state index contributed by atoms with van der Waals surface area (Å²) in [6, 6.07) is 0. The Morgan fingerprint density at radius 1 is 0.396 bits per heavy atom. The summed E-state index contributed by atoms with van der Waals surface area (Å²) < 4.78 is 16.6. The van der Waals surface area contributed by atoms with Crippen molar-refractivity contribution in [2.24, 2.45) is 0 Å². The lowest BCUT2D eigenvalue weighted by molar-refractivity contribution is -0.167. The molecule has 0 amide bonds. The molecule has 0 aliphatic heterocycles. The molecule has 6 nitrogen and oxygen atoms in total. The minimum absolute atomic E-state index is 0.0839. The Balaban J connectivity index is 4.42. The third-order valence-electron chi connectivity index (χ3n) is 9.35. The highest BCUT2D eigenvalue weighted by Crippen LogP contribution is 2.14. The van der Waals surface area contributed by atoms with Gasteiger partial charge in [0.15, 0.2) is 6.10 Å². The summed E-state index contributed by atoms with van der Waals surface area (Å²) in [5.41, 5.74) is 0. The molecule has 0 rings (SSSR count). The zero-order valence-corrected chi connectivity index (χ0v) is 34.8. The van der Waals surface area contributed by atoms with Gasteiger partial charge in [-0.1, -0.05) is 185 Å². The topological polar surface area (TPSA) is 78.9 Å². The van der Waals surface area contributed by atoms with Gasteiger partial charge in [0.2, 0.25) is 0 Å². The summed E-state index contributed by atoms with van der Waals surface area (Å²) in [7, 11) is 0. The van der Waals surface area contributed by atoms with Gasteiger partial charge >= 0.3 is 17.9 Å². The molecule has 0 aromatic heterocycles. The zero-order chi connectivity index (χ0) is 38.7. The first-order valence-electron chi connectivity index (χ1n) is 22.1. The standard InChI is InChI=1S/C47H82O6/c1-4-7-10-13-16-19-22-23-24-25-26-29-31-34-37-40-46(49)52-43-44(53-47(50)41-38-35-32-28-21-18-15-12-9-6-3)42-51-45(48)39-36-33-30-27-20-17-14-11-8-5-2/h7,10,16,19,23-24,26,29,44H,4-6,8-9,11-15,17-18,20-22,25,27-28,30-43H2,1-3H3/b10-7-,19-16-,24-23-,29-26-. The SMILES string of the molecule is CC/C=C\C/C=C\C/C=C\C/C=C\CCCCC(=O)OCC(COC(=O)CCCCCCCCCCCC)OC(=O)CCCCCCCCCCCC. The molecule has 0 aromatic carbocycles. The number of carbonyl (C=O) groups excluding carboxylic acids is 3. The third kappa shape index (κ3) is 40.4. The Bertz CT molecular complexity index is 949. The Hall–Kier alpha value is -2.63. The maximum atomic E-state index is 12.7. The van der Waals surface area contributed by atoms with Crippen molar-refractivity contribution in [2.45, 2.75) is 219 Å². The number of hydrogen-bond acceptors (Lipinski definition) is 6. The number of ether oxygens (including phenoxy) is 3. The molecule has 0 fully saturated rings. The summed E-state index contributed by atoms with van der Waals surface area (Å²) in [5, 5.41) is 0. The van der Waals surface area contributed by atoms with E-state index in [1.807, 2.05) is 0 Å². The van der Waals surface area contributed by atoms with Crippen molar-refractivity contribution in [3.8, 4) is 0 Å². The van der Waals surface area contributed by atoms with Crippen LogP contribution in [0.3, 0.4) is 0 Å². The monoisotopic (exact) mass is 743 g/mol. The van der Waals surface area contributed by atoms with E-state index in [-0.39, 0.29) is 31.1 Å². The molecule has 1 unspecified atom stereocenters. The maximum Gasteiger partial charge on any atom is 0.306 e. The Labute approximate surface area is 327 Å². The van der Waals surface area contributed by atoms with Gasteiger partial charge in [-0.2, -0.15) is 0 Å². The quantitative estimate of drug-likeness (QED) is 0.0270. The van der Waals surface area contributed by atoms with Crippen LogP contribution in [-0.2, 0) is 28.6 Å². The summed E-state index contributed by atoms with van der Waals surface area (Å²) in [4.78, 5) is 37.6. The first-order valence-corrected chi connectivity index (χ1v) is 22.1. The molecular formula is C47H82O6. The van der Waals surface area contributed by atoms with Crippen LogP contribution in [0.1, 0.15) is 213 Å². The number of rotatable bonds is 39. The number of esters is 3. The van der Waals surface area contributed by atoms with E-state index in [0.29, 0.717) is 19.3 Å². The molecule has 306 valence electrons. The lowest BCUT2D eigenvalue weighted by Gasteiger charge is -2.18. The summed E-state index contributed by atoms with van der Waals surface area (Å²) in [6.07, 6.45) is 48.1. The van der Waals surface area contributed by atoms with Crippen LogP contribution in [0.15, 0.2) is 48.6 Å². The maximum absolute atomic E-state index is 12.7. The average Bonchev–Trinajstić information content (AvgIpc) is 3.15. The van der Waals surface area contributed by atoms with Crippen molar-refractivity contribution in [3.63, 3.8) is 0 Å². The van der Waals surface area contributed by atoms with E-state index in [1.54, 1.807) is 0 Å². The normalized spacial score (nSPS) is 12.4. The molecule has 0 radical (unpaired) electrons. The van der Waals surface area contributed by atoms with Gasteiger partial charge in [-0.15, -0.1) is 0 Å². The molecule has 1 atom stereocenters. The Morgan fingerprint density at radius 2 is 0.736 bits per heavy atom. The first kappa shape index (κ1) is 50.4. The molecule has 0 saturated heterocycles.